The van der Waals surface area contributed by atoms with Crippen molar-refractivity contribution in [2.75, 3.05) is 5.32 Å². The van der Waals surface area contributed by atoms with Crippen LogP contribution in [-0.2, 0) is 9.59 Å². The number of aromatic amines is 1. The van der Waals surface area contributed by atoms with E-state index in [0.717, 1.165) is 22.5 Å². The Labute approximate surface area is 171 Å². The van der Waals surface area contributed by atoms with E-state index in [4.69, 9.17) is 5.73 Å². The summed E-state index contributed by atoms with van der Waals surface area (Å²) in [6, 6.07) is 16.8. The molecular weight excluding hydrogens is 390 g/mol. The molecule has 0 radical (unpaired) electrons. The molecular formula is C19H17N7O2S. The van der Waals surface area contributed by atoms with Gasteiger partial charge in [-0.15, -0.1) is 17.7 Å². The number of nitrogens with two attached hydrogens (primary N) is 1. The van der Waals surface area contributed by atoms with E-state index in [-0.39, 0.29) is 11.4 Å². The van der Waals surface area contributed by atoms with Gasteiger partial charge in [-0.1, -0.05) is 47.7 Å². The summed E-state index contributed by atoms with van der Waals surface area (Å²) in [6.45, 7) is 0. The summed E-state index contributed by atoms with van der Waals surface area (Å²) in [6.07, 6.45) is 0. The summed E-state index contributed by atoms with van der Waals surface area (Å²) >= 11 is 4.06. The second-order valence-corrected chi connectivity index (χ2v) is 6.76. The molecule has 0 fully saturated rings. The van der Waals surface area contributed by atoms with E-state index in [1.165, 1.54) is 0 Å². The summed E-state index contributed by atoms with van der Waals surface area (Å²) in [4.78, 5) is 24.5. The van der Waals surface area contributed by atoms with Crippen molar-refractivity contribution in [3.63, 3.8) is 0 Å². The van der Waals surface area contributed by atoms with Crippen LogP contribution in [0, 0.1) is 0 Å². The van der Waals surface area contributed by atoms with E-state index in [9.17, 15) is 9.59 Å². The smallest absolute Gasteiger partial charge is 0.264 e. The fourth-order valence-corrected chi connectivity index (χ4v) is 3.20. The maximum atomic E-state index is 12.4. The van der Waals surface area contributed by atoms with Gasteiger partial charge in [0.2, 0.25) is 0 Å². The van der Waals surface area contributed by atoms with E-state index in [1.54, 1.807) is 12.1 Å². The van der Waals surface area contributed by atoms with Gasteiger partial charge in [-0.05, 0) is 12.1 Å². The first kappa shape index (κ1) is 18.6. The van der Waals surface area contributed by atoms with E-state index in [2.05, 4.69) is 44.0 Å². The van der Waals surface area contributed by atoms with Crippen LogP contribution < -0.4 is 21.7 Å². The lowest BCUT2D eigenvalue weighted by Gasteiger charge is -2.24. The summed E-state index contributed by atoms with van der Waals surface area (Å²) in [5.41, 5.74) is 8.71. The fourth-order valence-electron chi connectivity index (χ4n) is 2.94. The highest BCUT2D eigenvalue weighted by molar-refractivity contribution is 7.80. The van der Waals surface area contributed by atoms with Crippen LogP contribution in [0.15, 0.2) is 66.0 Å². The lowest BCUT2D eigenvalue weighted by atomic mass is 10.0. The van der Waals surface area contributed by atoms with Crippen LogP contribution in [-0.4, -0.2) is 32.7 Å². The molecule has 2 amide bonds. The SMILES string of the molecule is NC1=C(C(=O)Nc2ccc(-c3[nH]nnc3-c3ccccc3)cc2)C(=O)NC(S)N1. The van der Waals surface area contributed by atoms with E-state index >= 15 is 0 Å². The van der Waals surface area contributed by atoms with Crippen LogP contribution in [0.2, 0.25) is 0 Å². The monoisotopic (exact) mass is 407 g/mol. The van der Waals surface area contributed by atoms with Crippen LogP contribution in [0.4, 0.5) is 5.69 Å². The number of hydrogen-bond donors (Lipinski definition) is 6. The molecule has 0 aliphatic carbocycles. The van der Waals surface area contributed by atoms with E-state index in [0.29, 0.717) is 5.69 Å². The number of hydrogen-bond acceptors (Lipinski definition) is 7. The molecule has 146 valence electrons. The third-order valence-electron chi connectivity index (χ3n) is 4.31. The molecule has 0 saturated heterocycles. The molecule has 10 heteroatoms. The van der Waals surface area contributed by atoms with Gasteiger partial charge in [0, 0.05) is 16.8 Å². The summed E-state index contributed by atoms with van der Waals surface area (Å²) in [5, 5.41) is 18.8. The second kappa shape index (κ2) is 7.68. The van der Waals surface area contributed by atoms with Crippen LogP contribution in [0.1, 0.15) is 0 Å². The highest BCUT2D eigenvalue weighted by atomic mass is 32.1. The van der Waals surface area contributed by atoms with Crippen molar-refractivity contribution in [3.05, 3.63) is 66.0 Å². The van der Waals surface area contributed by atoms with Gasteiger partial charge in [-0.25, -0.2) is 0 Å². The lowest BCUT2D eigenvalue weighted by Crippen LogP contribution is -2.51. The Bertz CT molecular complexity index is 1090. The van der Waals surface area contributed by atoms with Gasteiger partial charge in [0.05, 0.1) is 5.69 Å². The van der Waals surface area contributed by atoms with Gasteiger partial charge in [0.25, 0.3) is 11.8 Å². The van der Waals surface area contributed by atoms with Crippen molar-refractivity contribution < 1.29 is 9.59 Å². The predicted octanol–water partition coefficient (Wildman–Crippen LogP) is 1.18. The van der Waals surface area contributed by atoms with Gasteiger partial charge < -0.3 is 21.7 Å². The minimum atomic E-state index is -0.639. The minimum Gasteiger partial charge on any atom is -0.385 e. The number of amides is 2. The van der Waals surface area contributed by atoms with Gasteiger partial charge in [-0.2, -0.15) is 0 Å². The number of thiol groups is 1. The van der Waals surface area contributed by atoms with Gasteiger partial charge in [0.1, 0.15) is 22.6 Å². The molecule has 9 nitrogen and oxygen atoms in total. The van der Waals surface area contributed by atoms with Crippen LogP contribution >= 0.6 is 12.6 Å². The average Bonchev–Trinajstić information content (AvgIpc) is 3.18. The number of aromatic nitrogens is 3. The third-order valence-corrected chi connectivity index (χ3v) is 4.57. The maximum absolute atomic E-state index is 12.4. The van der Waals surface area contributed by atoms with Crippen molar-refractivity contribution >= 4 is 30.1 Å². The molecule has 29 heavy (non-hydrogen) atoms. The average molecular weight is 407 g/mol. The summed E-state index contributed by atoms with van der Waals surface area (Å²) in [5.74, 6) is -1.24. The Morgan fingerprint density at radius 1 is 1.03 bits per heavy atom. The first-order valence-corrected chi connectivity index (χ1v) is 9.18. The molecule has 0 bridgehead atoms. The van der Waals surface area contributed by atoms with Crippen LogP contribution in [0.25, 0.3) is 22.5 Å². The Balaban J connectivity index is 1.54. The number of benzene rings is 2. The molecule has 1 unspecified atom stereocenters. The van der Waals surface area contributed by atoms with Gasteiger partial charge in [0.15, 0.2) is 0 Å². The zero-order chi connectivity index (χ0) is 20.4. The molecule has 2 aromatic carbocycles. The number of H-pyrrole nitrogens is 1. The normalized spacial score (nSPS) is 16.2. The molecule has 1 atom stereocenters. The van der Waals surface area contributed by atoms with Crippen molar-refractivity contribution in [1.82, 2.24) is 26.0 Å². The van der Waals surface area contributed by atoms with Crippen molar-refractivity contribution in [2.24, 2.45) is 5.73 Å². The highest BCUT2D eigenvalue weighted by Gasteiger charge is 2.28. The summed E-state index contributed by atoms with van der Waals surface area (Å²) in [7, 11) is 0. The number of rotatable bonds is 4. The Kier molecular flexibility index (Phi) is 4.92. The molecule has 1 aliphatic rings. The summed E-state index contributed by atoms with van der Waals surface area (Å²) < 4.78 is 0. The Morgan fingerprint density at radius 2 is 1.76 bits per heavy atom. The zero-order valence-corrected chi connectivity index (χ0v) is 15.9. The first-order valence-electron chi connectivity index (χ1n) is 8.66. The number of nitrogens with zero attached hydrogens (tertiary/aromatic N) is 2. The molecule has 3 aromatic rings. The predicted molar refractivity (Wildman–Crippen MR) is 111 cm³/mol. The minimum absolute atomic E-state index is 0.0288. The van der Waals surface area contributed by atoms with Gasteiger partial charge in [-0.3, -0.25) is 14.7 Å². The third kappa shape index (κ3) is 3.78. The van der Waals surface area contributed by atoms with E-state index < -0.39 is 17.3 Å². The standard InChI is InChI=1S/C19H17N7O2S/c20-16-13(18(28)23-19(29)22-16)17(27)21-12-8-6-11(7-9-12)15-14(24-26-25-15)10-4-2-1-3-5-10/h1-9,19,22,29H,20H2,(H,21,27)(H,23,28)(H,24,25,26). The second-order valence-electron chi connectivity index (χ2n) is 6.24. The topological polar surface area (TPSA) is 138 Å². The molecule has 4 rings (SSSR count). The molecule has 0 spiro atoms. The van der Waals surface area contributed by atoms with Crippen LogP contribution in [0.3, 0.4) is 0 Å². The van der Waals surface area contributed by atoms with Gasteiger partial charge >= 0.3 is 0 Å². The highest BCUT2D eigenvalue weighted by Crippen LogP contribution is 2.28. The van der Waals surface area contributed by atoms with Crippen molar-refractivity contribution in [1.29, 1.82) is 0 Å². The number of carbonyl (C=O) groups excluding carboxylic acids is 2. The van der Waals surface area contributed by atoms with Crippen LogP contribution in [0.5, 0.6) is 0 Å². The zero-order valence-electron chi connectivity index (χ0n) is 15.0. The van der Waals surface area contributed by atoms with Crippen molar-refractivity contribution in [3.8, 4) is 22.5 Å². The van der Waals surface area contributed by atoms with Crippen molar-refractivity contribution in [2.45, 2.75) is 5.50 Å². The molecule has 6 N–H and O–H groups in total. The lowest BCUT2D eigenvalue weighted by molar-refractivity contribution is -0.122. The maximum Gasteiger partial charge on any atom is 0.264 e. The van der Waals surface area contributed by atoms with E-state index in [1.807, 2.05) is 42.5 Å². The molecule has 1 aliphatic heterocycles. The number of nitrogens with one attached hydrogen (secondary N) is 4. The molecule has 0 saturated carbocycles. The number of carbonyl (C=O) groups is 2. The quantitative estimate of drug-likeness (QED) is 0.284. The largest absolute Gasteiger partial charge is 0.385 e. The Morgan fingerprint density at radius 3 is 2.45 bits per heavy atom. The molecule has 2 heterocycles. The number of anilines is 1. The molecule has 1 aromatic heterocycles. The Hall–Kier alpha value is -3.79. The fraction of sp³-hybridized carbons (Fsp3) is 0.0526. The first-order chi connectivity index (χ1) is 14.0.